The van der Waals surface area contributed by atoms with Crippen molar-refractivity contribution < 1.29 is 17.2 Å². The third-order valence-electron chi connectivity index (χ3n) is 5.37. The SMILES string of the molecule is COCCn1cnc2ccc(NC(=O)Nc3cccc(C(C)=O)c3)c(-c3ccccc3)c2c1=O.[HH].[HH]. The van der Waals surface area contributed by atoms with Crippen LogP contribution in [0.4, 0.5) is 16.2 Å². The third kappa shape index (κ3) is 4.87. The van der Waals surface area contributed by atoms with Crippen LogP contribution in [0.2, 0.25) is 0 Å². The molecule has 2 N–H and O–H groups in total. The molecule has 0 spiro atoms. The van der Waals surface area contributed by atoms with Gasteiger partial charge in [0.15, 0.2) is 5.78 Å². The van der Waals surface area contributed by atoms with E-state index >= 15 is 0 Å². The third-order valence-corrected chi connectivity index (χ3v) is 5.37. The number of Topliss-reactive ketones (excluding diaryl/α,β-unsaturated/α-hetero) is 1. The molecule has 1 aromatic heterocycles. The summed E-state index contributed by atoms with van der Waals surface area (Å²) in [6.45, 7) is 2.19. The zero-order chi connectivity index (χ0) is 24.1. The van der Waals surface area contributed by atoms with E-state index in [9.17, 15) is 14.4 Å². The van der Waals surface area contributed by atoms with Gasteiger partial charge in [0.05, 0.1) is 36.1 Å². The van der Waals surface area contributed by atoms with E-state index in [4.69, 9.17) is 4.74 Å². The molecule has 4 rings (SSSR count). The fourth-order valence-electron chi connectivity index (χ4n) is 3.70. The Kier molecular flexibility index (Phi) is 6.79. The van der Waals surface area contributed by atoms with Gasteiger partial charge < -0.3 is 15.4 Å². The number of nitrogens with one attached hydrogen (secondary N) is 2. The molecular formula is C26H28N4O4. The van der Waals surface area contributed by atoms with Gasteiger partial charge in [0.1, 0.15) is 0 Å². The van der Waals surface area contributed by atoms with E-state index < -0.39 is 6.03 Å². The van der Waals surface area contributed by atoms with Crippen molar-refractivity contribution in [2.24, 2.45) is 0 Å². The number of benzene rings is 3. The summed E-state index contributed by atoms with van der Waals surface area (Å²) >= 11 is 0. The molecule has 0 radical (unpaired) electrons. The molecule has 0 unspecified atom stereocenters. The smallest absolute Gasteiger partial charge is 0.323 e. The Bertz CT molecular complexity index is 1420. The molecule has 0 atom stereocenters. The summed E-state index contributed by atoms with van der Waals surface area (Å²) in [6.07, 6.45) is 1.50. The molecule has 1 heterocycles. The lowest BCUT2D eigenvalue weighted by atomic mass is 9.99. The summed E-state index contributed by atoms with van der Waals surface area (Å²) in [5.41, 5.74) is 3.09. The van der Waals surface area contributed by atoms with Crippen molar-refractivity contribution in [1.29, 1.82) is 0 Å². The van der Waals surface area contributed by atoms with Crippen molar-refractivity contribution in [3.05, 3.63) is 89.0 Å². The molecule has 0 aliphatic heterocycles. The Hall–Kier alpha value is -4.30. The van der Waals surface area contributed by atoms with Crippen molar-refractivity contribution in [1.82, 2.24) is 9.55 Å². The lowest BCUT2D eigenvalue weighted by Crippen LogP contribution is -2.24. The molecule has 0 saturated carbocycles. The molecule has 0 fully saturated rings. The molecule has 0 saturated heterocycles. The van der Waals surface area contributed by atoms with Gasteiger partial charge in [-0.05, 0) is 36.8 Å². The summed E-state index contributed by atoms with van der Waals surface area (Å²) in [5.74, 6) is -0.0952. The van der Waals surface area contributed by atoms with Gasteiger partial charge in [-0.2, -0.15) is 0 Å². The van der Waals surface area contributed by atoms with Crippen LogP contribution in [0.5, 0.6) is 0 Å². The highest BCUT2D eigenvalue weighted by molar-refractivity contribution is 6.08. The molecule has 34 heavy (non-hydrogen) atoms. The van der Waals surface area contributed by atoms with Gasteiger partial charge in [-0.3, -0.25) is 14.2 Å². The first-order valence-electron chi connectivity index (χ1n) is 10.7. The van der Waals surface area contributed by atoms with Crippen molar-refractivity contribution >= 4 is 34.1 Å². The molecule has 8 nitrogen and oxygen atoms in total. The van der Waals surface area contributed by atoms with Crippen LogP contribution in [-0.4, -0.2) is 35.1 Å². The first-order chi connectivity index (χ1) is 16.5. The van der Waals surface area contributed by atoms with Crippen LogP contribution in [0.25, 0.3) is 22.0 Å². The average Bonchev–Trinajstić information content (AvgIpc) is 2.84. The molecule has 8 heteroatoms. The second-order valence-electron chi connectivity index (χ2n) is 7.70. The Morgan fingerprint density at radius 1 is 1.03 bits per heavy atom. The number of rotatable bonds is 7. The molecule has 176 valence electrons. The standard InChI is InChI=1S/C26H24N4O4.2H2/c1-17(31)19-9-6-10-20(15-19)28-26(33)29-22-12-11-21-24(23(22)18-7-4-3-5-8-18)25(32)30(16-27-21)13-14-34-2;;/h3-12,15-16H,13-14H2,1-2H3,(H2,28,29,33);2*1H. The van der Waals surface area contributed by atoms with E-state index in [-0.39, 0.29) is 14.2 Å². The lowest BCUT2D eigenvalue weighted by Gasteiger charge is -2.16. The first-order valence-corrected chi connectivity index (χ1v) is 10.7. The fraction of sp³-hybridized carbons (Fsp3) is 0.154. The summed E-state index contributed by atoms with van der Waals surface area (Å²) < 4.78 is 6.61. The number of ether oxygens (including phenoxy) is 1. The monoisotopic (exact) mass is 460 g/mol. The number of aromatic nitrogens is 2. The van der Waals surface area contributed by atoms with E-state index in [0.717, 1.165) is 5.56 Å². The molecule has 0 aliphatic rings. The van der Waals surface area contributed by atoms with Crippen molar-refractivity contribution in [2.75, 3.05) is 24.4 Å². The van der Waals surface area contributed by atoms with Gasteiger partial charge in [0.2, 0.25) is 0 Å². The molecule has 0 bridgehead atoms. The van der Waals surface area contributed by atoms with Crippen LogP contribution < -0.4 is 16.2 Å². The minimum atomic E-state index is -0.499. The molecular weight excluding hydrogens is 432 g/mol. The predicted octanol–water partition coefficient (Wildman–Crippen LogP) is 5.05. The van der Waals surface area contributed by atoms with Crippen LogP contribution in [0.15, 0.2) is 77.9 Å². The van der Waals surface area contributed by atoms with Crippen LogP contribution in [0.3, 0.4) is 0 Å². The highest BCUT2D eigenvalue weighted by atomic mass is 16.5. The molecule has 2 amide bonds. The summed E-state index contributed by atoms with van der Waals surface area (Å²) in [5, 5.41) is 6.01. The number of fused-ring (bicyclic) bond motifs is 1. The average molecular weight is 461 g/mol. The molecule has 4 aromatic rings. The lowest BCUT2D eigenvalue weighted by molar-refractivity contribution is 0.101. The van der Waals surface area contributed by atoms with Crippen molar-refractivity contribution in [3.63, 3.8) is 0 Å². The topological polar surface area (TPSA) is 102 Å². The minimum absolute atomic E-state index is 0. The van der Waals surface area contributed by atoms with E-state index in [1.807, 2.05) is 30.3 Å². The van der Waals surface area contributed by atoms with Crippen LogP contribution >= 0.6 is 0 Å². The maximum atomic E-state index is 13.4. The van der Waals surface area contributed by atoms with Gasteiger partial charge in [-0.25, -0.2) is 9.78 Å². The number of anilines is 2. The van der Waals surface area contributed by atoms with Gasteiger partial charge >= 0.3 is 6.03 Å². The summed E-state index contributed by atoms with van der Waals surface area (Å²) in [6, 6.07) is 19.0. The number of hydrogen-bond acceptors (Lipinski definition) is 5. The number of amides is 2. The van der Waals surface area contributed by atoms with Crippen LogP contribution in [0.1, 0.15) is 20.1 Å². The van der Waals surface area contributed by atoms with E-state index in [1.165, 1.54) is 17.8 Å². The number of nitrogens with zero attached hydrogens (tertiary/aromatic N) is 2. The quantitative estimate of drug-likeness (QED) is 0.376. The predicted molar refractivity (Wildman–Crippen MR) is 137 cm³/mol. The number of hydrogen-bond donors (Lipinski definition) is 2. The summed E-state index contributed by atoms with van der Waals surface area (Å²) in [4.78, 5) is 42.3. The van der Waals surface area contributed by atoms with Gasteiger partial charge in [0.25, 0.3) is 5.56 Å². The maximum absolute atomic E-state index is 13.4. The van der Waals surface area contributed by atoms with Gasteiger partial charge in [-0.1, -0.05) is 42.5 Å². The van der Waals surface area contributed by atoms with Gasteiger partial charge in [-0.15, -0.1) is 0 Å². The van der Waals surface area contributed by atoms with E-state index in [2.05, 4.69) is 15.6 Å². The number of methoxy groups -OCH3 is 1. The number of ketones is 1. The first kappa shape index (κ1) is 22.9. The zero-order valence-corrected chi connectivity index (χ0v) is 18.9. The Morgan fingerprint density at radius 3 is 2.56 bits per heavy atom. The normalized spacial score (nSPS) is 10.8. The maximum Gasteiger partial charge on any atom is 0.323 e. The Morgan fingerprint density at radius 2 is 1.82 bits per heavy atom. The number of urea groups is 1. The minimum Gasteiger partial charge on any atom is -0.383 e. The number of carbonyl (C=O) groups excluding carboxylic acids is 2. The second-order valence-corrected chi connectivity index (χ2v) is 7.70. The van der Waals surface area contributed by atoms with Crippen LogP contribution in [-0.2, 0) is 11.3 Å². The van der Waals surface area contributed by atoms with E-state index in [0.29, 0.717) is 46.6 Å². The van der Waals surface area contributed by atoms with Crippen LogP contribution in [0, 0.1) is 0 Å². The zero-order valence-electron chi connectivity index (χ0n) is 18.9. The molecule has 0 aliphatic carbocycles. The largest absolute Gasteiger partial charge is 0.383 e. The highest BCUT2D eigenvalue weighted by Gasteiger charge is 2.17. The van der Waals surface area contributed by atoms with Gasteiger partial charge in [0, 0.05) is 26.8 Å². The second kappa shape index (κ2) is 10.1. The fourth-order valence-corrected chi connectivity index (χ4v) is 3.70. The highest BCUT2D eigenvalue weighted by Crippen LogP contribution is 2.33. The number of carbonyl (C=O) groups is 2. The van der Waals surface area contributed by atoms with Crippen molar-refractivity contribution in [3.8, 4) is 11.1 Å². The van der Waals surface area contributed by atoms with Crippen molar-refractivity contribution in [2.45, 2.75) is 13.5 Å². The van der Waals surface area contributed by atoms with E-state index in [1.54, 1.807) is 43.5 Å². The Balaban J connectivity index is 0.00000228. The summed E-state index contributed by atoms with van der Waals surface area (Å²) in [7, 11) is 1.57. The molecule has 3 aromatic carbocycles. The Labute approximate surface area is 199 Å².